The molecule has 0 fully saturated rings. The summed E-state index contributed by atoms with van der Waals surface area (Å²) in [4.78, 5) is 0. The molecule has 0 saturated heterocycles. The van der Waals surface area contributed by atoms with Crippen LogP contribution in [0.5, 0.6) is 0 Å². The van der Waals surface area contributed by atoms with Gasteiger partial charge in [0.2, 0.25) is 0 Å². The van der Waals surface area contributed by atoms with E-state index in [1.807, 2.05) is 0 Å². The highest BCUT2D eigenvalue weighted by Gasteiger charge is 1.80. The summed E-state index contributed by atoms with van der Waals surface area (Å²) in [6.07, 6.45) is 4.68. The average Bonchev–Trinajstić information content (AvgIpc) is 1.69. The van der Waals surface area contributed by atoms with Crippen molar-refractivity contribution in [1.29, 1.82) is 0 Å². The highest BCUT2D eigenvalue weighted by atomic mass is 79.9. The van der Waals surface area contributed by atoms with Crippen molar-refractivity contribution in [1.82, 2.24) is 0 Å². The Morgan fingerprint density at radius 1 is 1.12 bits per heavy atom. The zero-order chi connectivity index (χ0) is 5.54. The second-order valence-corrected chi connectivity index (χ2v) is 1.78. The van der Waals surface area contributed by atoms with Crippen molar-refractivity contribution in [3.05, 3.63) is 0 Å². The molecule has 52 valence electrons. The second kappa shape index (κ2) is 10.4. The number of halogens is 1. The molecule has 0 aromatic heterocycles. The summed E-state index contributed by atoms with van der Waals surface area (Å²) in [7, 11) is 0. The minimum absolute atomic E-state index is 0. The molecule has 0 heterocycles. The summed E-state index contributed by atoms with van der Waals surface area (Å²) in [5, 5.41) is 8.29. The zero-order valence-electron chi connectivity index (χ0n) is 5.39. The van der Waals surface area contributed by atoms with Crippen LogP contribution in [0.2, 0.25) is 0 Å². The van der Waals surface area contributed by atoms with Crippen molar-refractivity contribution >= 4 is 17.0 Å². The van der Waals surface area contributed by atoms with Gasteiger partial charge in [0.25, 0.3) is 0 Å². The first kappa shape index (κ1) is 11.3. The highest BCUT2D eigenvalue weighted by Crippen LogP contribution is 1.95. The molecule has 2 heteroatoms. The fourth-order valence-electron chi connectivity index (χ4n) is 0.539. The SMILES string of the molecule is Br.CCCCCCO. The Labute approximate surface area is 61.9 Å². The monoisotopic (exact) mass is 182 g/mol. The van der Waals surface area contributed by atoms with E-state index in [-0.39, 0.29) is 17.0 Å². The minimum atomic E-state index is 0. The van der Waals surface area contributed by atoms with Crippen LogP contribution in [0.15, 0.2) is 0 Å². The first-order chi connectivity index (χ1) is 3.41. The van der Waals surface area contributed by atoms with Crippen LogP contribution in [0, 0.1) is 0 Å². The topological polar surface area (TPSA) is 20.2 Å². The van der Waals surface area contributed by atoms with E-state index in [1.54, 1.807) is 0 Å². The molecule has 0 unspecified atom stereocenters. The molecule has 0 aliphatic heterocycles. The van der Waals surface area contributed by atoms with Gasteiger partial charge in [0.1, 0.15) is 0 Å². The molecule has 0 aromatic rings. The number of aliphatic hydroxyl groups is 1. The smallest absolute Gasteiger partial charge is 0.0431 e. The molecule has 0 aliphatic rings. The molecule has 0 aromatic carbocycles. The number of rotatable bonds is 4. The number of aliphatic hydroxyl groups excluding tert-OH is 1. The molecule has 0 amide bonds. The summed E-state index contributed by atoms with van der Waals surface area (Å²) in [6.45, 7) is 2.53. The summed E-state index contributed by atoms with van der Waals surface area (Å²) >= 11 is 0. The average molecular weight is 183 g/mol. The van der Waals surface area contributed by atoms with Crippen molar-refractivity contribution in [2.45, 2.75) is 32.6 Å². The summed E-state index contributed by atoms with van der Waals surface area (Å²) in [5.74, 6) is 0. The van der Waals surface area contributed by atoms with Gasteiger partial charge < -0.3 is 5.11 Å². The Bertz CT molecular complexity index is 27.7. The number of unbranched alkanes of at least 4 members (excludes halogenated alkanes) is 3. The molecule has 1 nitrogen and oxygen atoms in total. The molecule has 1 N–H and O–H groups in total. The largest absolute Gasteiger partial charge is 0.396 e. The van der Waals surface area contributed by atoms with E-state index in [1.165, 1.54) is 19.3 Å². The van der Waals surface area contributed by atoms with Crippen LogP contribution in [0.1, 0.15) is 32.6 Å². The molecule has 0 radical (unpaired) electrons. The lowest BCUT2D eigenvalue weighted by Gasteiger charge is -1.90. The minimum Gasteiger partial charge on any atom is -0.396 e. The lowest BCUT2D eigenvalue weighted by Crippen LogP contribution is -1.80. The van der Waals surface area contributed by atoms with Crippen LogP contribution < -0.4 is 0 Å². The summed E-state index contributed by atoms with van der Waals surface area (Å²) in [6, 6.07) is 0. The van der Waals surface area contributed by atoms with E-state index >= 15 is 0 Å². The molecule has 0 saturated carbocycles. The molecule has 0 atom stereocenters. The molecule has 0 rings (SSSR count). The van der Waals surface area contributed by atoms with Gasteiger partial charge in [-0.2, -0.15) is 0 Å². The normalized spacial score (nSPS) is 8.25. The fraction of sp³-hybridized carbons (Fsp3) is 1.00. The molecular weight excluding hydrogens is 168 g/mol. The van der Waals surface area contributed by atoms with Crippen molar-refractivity contribution in [2.75, 3.05) is 6.61 Å². The van der Waals surface area contributed by atoms with Gasteiger partial charge in [-0.3, -0.25) is 0 Å². The van der Waals surface area contributed by atoms with Crippen molar-refractivity contribution < 1.29 is 5.11 Å². The Hall–Kier alpha value is 0.440. The maximum atomic E-state index is 8.29. The van der Waals surface area contributed by atoms with Crippen LogP contribution in [-0.4, -0.2) is 11.7 Å². The molecule has 0 aliphatic carbocycles. The molecule has 0 spiro atoms. The van der Waals surface area contributed by atoms with Gasteiger partial charge in [0, 0.05) is 6.61 Å². The Balaban J connectivity index is 0. The van der Waals surface area contributed by atoms with E-state index in [0.29, 0.717) is 6.61 Å². The molecular formula is C6H15BrO. The summed E-state index contributed by atoms with van der Waals surface area (Å²) < 4.78 is 0. The van der Waals surface area contributed by atoms with E-state index < -0.39 is 0 Å². The predicted octanol–water partition coefficient (Wildman–Crippen LogP) is 2.14. The van der Waals surface area contributed by atoms with Crippen LogP contribution in [0.25, 0.3) is 0 Å². The van der Waals surface area contributed by atoms with Crippen LogP contribution >= 0.6 is 17.0 Å². The maximum absolute atomic E-state index is 8.29. The third-order valence-corrected chi connectivity index (χ3v) is 1.01. The number of hydrogen-bond donors (Lipinski definition) is 1. The van der Waals surface area contributed by atoms with Gasteiger partial charge in [-0.1, -0.05) is 26.2 Å². The Morgan fingerprint density at radius 2 is 1.75 bits per heavy atom. The summed E-state index contributed by atoms with van der Waals surface area (Å²) in [5.41, 5.74) is 0. The highest BCUT2D eigenvalue weighted by molar-refractivity contribution is 8.93. The predicted molar refractivity (Wildman–Crippen MR) is 41.5 cm³/mol. The van der Waals surface area contributed by atoms with Gasteiger partial charge in [0.15, 0.2) is 0 Å². The van der Waals surface area contributed by atoms with Gasteiger partial charge >= 0.3 is 0 Å². The van der Waals surface area contributed by atoms with Crippen molar-refractivity contribution in [3.8, 4) is 0 Å². The Morgan fingerprint density at radius 3 is 2.12 bits per heavy atom. The first-order valence-electron chi connectivity index (χ1n) is 3.02. The van der Waals surface area contributed by atoms with Crippen LogP contribution in [0.3, 0.4) is 0 Å². The van der Waals surface area contributed by atoms with E-state index in [9.17, 15) is 0 Å². The quantitative estimate of drug-likeness (QED) is 0.662. The van der Waals surface area contributed by atoms with E-state index in [2.05, 4.69) is 6.92 Å². The van der Waals surface area contributed by atoms with Gasteiger partial charge in [0.05, 0.1) is 0 Å². The fourth-order valence-corrected chi connectivity index (χ4v) is 0.539. The van der Waals surface area contributed by atoms with Gasteiger partial charge in [-0.25, -0.2) is 0 Å². The lowest BCUT2D eigenvalue weighted by atomic mass is 10.2. The third-order valence-electron chi connectivity index (χ3n) is 1.01. The van der Waals surface area contributed by atoms with Crippen molar-refractivity contribution in [3.63, 3.8) is 0 Å². The first-order valence-corrected chi connectivity index (χ1v) is 3.02. The number of hydrogen-bond acceptors (Lipinski definition) is 1. The van der Waals surface area contributed by atoms with Crippen LogP contribution in [0.4, 0.5) is 0 Å². The zero-order valence-corrected chi connectivity index (χ0v) is 7.10. The maximum Gasteiger partial charge on any atom is 0.0431 e. The lowest BCUT2D eigenvalue weighted by molar-refractivity contribution is 0.283. The van der Waals surface area contributed by atoms with Crippen LogP contribution in [-0.2, 0) is 0 Å². The molecule has 0 bridgehead atoms. The molecule has 8 heavy (non-hydrogen) atoms. The van der Waals surface area contributed by atoms with E-state index in [4.69, 9.17) is 5.11 Å². The second-order valence-electron chi connectivity index (χ2n) is 1.78. The Kier molecular flexibility index (Phi) is 14.7. The third kappa shape index (κ3) is 9.67. The van der Waals surface area contributed by atoms with Crippen molar-refractivity contribution in [2.24, 2.45) is 0 Å². The van der Waals surface area contributed by atoms with Gasteiger partial charge in [-0.15, -0.1) is 17.0 Å². The van der Waals surface area contributed by atoms with Gasteiger partial charge in [-0.05, 0) is 6.42 Å². The standard InChI is InChI=1S/C6H14O.BrH/c1-2-3-4-5-6-7;/h7H,2-6H2,1H3;1H. The van der Waals surface area contributed by atoms with E-state index in [0.717, 1.165) is 6.42 Å².